The number of carbonyl (C=O) groups excluding carboxylic acids is 1. The van der Waals surface area contributed by atoms with Gasteiger partial charge in [0.15, 0.2) is 0 Å². The first-order chi connectivity index (χ1) is 6.60. The Kier molecular flexibility index (Phi) is 3.89. The molecule has 0 saturated carbocycles. The van der Waals surface area contributed by atoms with E-state index >= 15 is 0 Å². The molecule has 1 amide bonds. The van der Waals surface area contributed by atoms with E-state index in [2.05, 4.69) is 0 Å². The summed E-state index contributed by atoms with van der Waals surface area (Å²) in [6.45, 7) is 4.38. The molecule has 1 heterocycles. The molecule has 1 rings (SSSR count). The number of amides is 1. The van der Waals surface area contributed by atoms with E-state index in [1.807, 2.05) is 13.8 Å². The maximum absolute atomic E-state index is 11.8. The van der Waals surface area contributed by atoms with E-state index in [4.69, 9.17) is 5.73 Å². The largest absolute Gasteiger partial charge is 0.391 e. The topological polar surface area (TPSA) is 66.6 Å². The Balaban J connectivity index is 2.62. The third kappa shape index (κ3) is 2.25. The fraction of sp³-hybridized carbons (Fsp3) is 0.900. The van der Waals surface area contributed by atoms with Crippen LogP contribution in [0.2, 0.25) is 0 Å². The van der Waals surface area contributed by atoms with Crippen LogP contribution in [0.1, 0.15) is 33.1 Å². The minimum atomic E-state index is -0.408. The van der Waals surface area contributed by atoms with Gasteiger partial charge in [0.2, 0.25) is 5.91 Å². The van der Waals surface area contributed by atoms with E-state index in [1.54, 1.807) is 4.90 Å². The molecule has 1 aliphatic rings. The molecule has 3 atom stereocenters. The molecule has 1 fully saturated rings. The number of carbonyl (C=O) groups is 1. The highest BCUT2D eigenvalue weighted by Gasteiger charge is 2.34. The van der Waals surface area contributed by atoms with Crippen LogP contribution in [0.4, 0.5) is 0 Å². The van der Waals surface area contributed by atoms with E-state index in [1.165, 1.54) is 0 Å². The molecule has 14 heavy (non-hydrogen) atoms. The molecule has 82 valence electrons. The molecule has 0 aromatic rings. The number of aliphatic hydroxyl groups excluding tert-OH is 1. The molecule has 1 saturated heterocycles. The molecule has 4 heteroatoms. The fourth-order valence-electron chi connectivity index (χ4n) is 1.94. The number of nitrogens with two attached hydrogens (primary N) is 1. The summed E-state index contributed by atoms with van der Waals surface area (Å²) in [6.07, 6.45) is 1.87. The predicted molar refractivity (Wildman–Crippen MR) is 54.7 cm³/mol. The summed E-state index contributed by atoms with van der Waals surface area (Å²) in [4.78, 5) is 13.5. The second-order valence-corrected chi connectivity index (χ2v) is 3.96. The normalized spacial score (nSPS) is 29.3. The van der Waals surface area contributed by atoms with Crippen LogP contribution in [0.3, 0.4) is 0 Å². The van der Waals surface area contributed by atoms with E-state index in [9.17, 15) is 9.90 Å². The molecule has 0 aromatic heterocycles. The molecule has 0 aromatic carbocycles. The lowest BCUT2D eigenvalue weighted by atomic mass is 10.1. The molecule has 0 bridgehead atoms. The highest BCUT2D eigenvalue weighted by atomic mass is 16.3. The summed E-state index contributed by atoms with van der Waals surface area (Å²) in [5.74, 6) is -0.0177. The smallest absolute Gasteiger partial charge is 0.239 e. The quantitative estimate of drug-likeness (QED) is 0.679. The maximum Gasteiger partial charge on any atom is 0.239 e. The zero-order valence-electron chi connectivity index (χ0n) is 8.94. The van der Waals surface area contributed by atoms with Crippen molar-refractivity contribution in [3.05, 3.63) is 0 Å². The van der Waals surface area contributed by atoms with Gasteiger partial charge >= 0.3 is 0 Å². The summed E-state index contributed by atoms with van der Waals surface area (Å²) in [7, 11) is 0. The van der Waals surface area contributed by atoms with Gasteiger partial charge in [0, 0.05) is 12.6 Å². The lowest BCUT2D eigenvalue weighted by Crippen LogP contribution is -2.45. The molecule has 1 aliphatic heterocycles. The highest BCUT2D eigenvalue weighted by Crippen LogP contribution is 2.21. The number of aliphatic hydroxyl groups is 1. The van der Waals surface area contributed by atoms with Crippen LogP contribution < -0.4 is 5.73 Å². The number of hydrogen-bond donors (Lipinski definition) is 2. The molecule has 3 unspecified atom stereocenters. The number of likely N-dealkylation sites (tertiary alicyclic amines) is 1. The first-order valence-electron chi connectivity index (χ1n) is 5.34. The number of hydrogen-bond acceptors (Lipinski definition) is 3. The van der Waals surface area contributed by atoms with Gasteiger partial charge in [0.05, 0.1) is 12.1 Å². The lowest BCUT2D eigenvalue weighted by Gasteiger charge is -2.25. The zero-order chi connectivity index (χ0) is 10.7. The summed E-state index contributed by atoms with van der Waals surface area (Å²) < 4.78 is 0. The lowest BCUT2D eigenvalue weighted by molar-refractivity contribution is -0.133. The standard InChI is InChI=1S/C10H20N2O2/c1-3-7-5-8(13)6-12(7)10(14)9(11)4-2/h7-9,13H,3-6,11H2,1-2H3. The summed E-state index contributed by atoms with van der Waals surface area (Å²) in [5, 5.41) is 9.47. The third-order valence-corrected chi connectivity index (χ3v) is 2.90. The van der Waals surface area contributed by atoms with Gasteiger partial charge in [-0.05, 0) is 19.3 Å². The molecular weight excluding hydrogens is 180 g/mol. The van der Waals surface area contributed by atoms with Gasteiger partial charge < -0.3 is 15.7 Å². The second kappa shape index (κ2) is 4.75. The van der Waals surface area contributed by atoms with Crippen molar-refractivity contribution >= 4 is 5.91 Å². The van der Waals surface area contributed by atoms with Gasteiger partial charge in [-0.1, -0.05) is 13.8 Å². The first kappa shape index (κ1) is 11.5. The monoisotopic (exact) mass is 200 g/mol. The Bertz CT molecular complexity index is 208. The van der Waals surface area contributed by atoms with Gasteiger partial charge in [-0.15, -0.1) is 0 Å². The van der Waals surface area contributed by atoms with Gasteiger partial charge in [-0.3, -0.25) is 4.79 Å². The van der Waals surface area contributed by atoms with E-state index in [0.29, 0.717) is 19.4 Å². The average molecular weight is 200 g/mol. The number of β-amino-alcohol motifs (C(OH)–C–C–N with tert-alkyl or cyclic N) is 1. The van der Waals surface area contributed by atoms with Gasteiger partial charge in [-0.2, -0.15) is 0 Å². The Morgan fingerprint density at radius 2 is 2.29 bits per heavy atom. The van der Waals surface area contributed by atoms with E-state index < -0.39 is 6.04 Å². The van der Waals surface area contributed by atoms with Crippen LogP contribution in [0.25, 0.3) is 0 Å². The van der Waals surface area contributed by atoms with Crippen LogP contribution in [-0.4, -0.2) is 40.6 Å². The van der Waals surface area contributed by atoms with Crippen molar-refractivity contribution in [3.8, 4) is 0 Å². The number of rotatable bonds is 3. The fourth-order valence-corrected chi connectivity index (χ4v) is 1.94. The SMILES string of the molecule is CCC(N)C(=O)N1CC(O)CC1CC. The van der Waals surface area contributed by atoms with Crippen LogP contribution in [0.5, 0.6) is 0 Å². The Hall–Kier alpha value is -0.610. The van der Waals surface area contributed by atoms with Gasteiger partial charge in [0.1, 0.15) is 0 Å². The molecule has 0 spiro atoms. The van der Waals surface area contributed by atoms with Gasteiger partial charge in [-0.25, -0.2) is 0 Å². The Morgan fingerprint density at radius 1 is 1.64 bits per heavy atom. The van der Waals surface area contributed by atoms with Gasteiger partial charge in [0.25, 0.3) is 0 Å². The highest BCUT2D eigenvalue weighted by molar-refractivity contribution is 5.82. The molecular formula is C10H20N2O2. The van der Waals surface area contributed by atoms with Crippen LogP contribution >= 0.6 is 0 Å². The van der Waals surface area contributed by atoms with Crippen molar-refractivity contribution in [2.75, 3.05) is 6.54 Å². The molecule has 0 radical (unpaired) electrons. The predicted octanol–water partition coefficient (Wildman–Crippen LogP) is 0.0955. The Labute approximate surface area is 85.1 Å². The Morgan fingerprint density at radius 3 is 2.79 bits per heavy atom. The van der Waals surface area contributed by atoms with Crippen LogP contribution in [0, 0.1) is 0 Å². The summed E-state index contributed by atoms with van der Waals surface area (Å²) in [6, 6.07) is -0.232. The molecule has 4 nitrogen and oxygen atoms in total. The summed E-state index contributed by atoms with van der Waals surface area (Å²) >= 11 is 0. The molecule has 3 N–H and O–H groups in total. The zero-order valence-corrected chi connectivity index (χ0v) is 8.94. The molecule has 0 aliphatic carbocycles. The second-order valence-electron chi connectivity index (χ2n) is 3.96. The van der Waals surface area contributed by atoms with Crippen molar-refractivity contribution < 1.29 is 9.90 Å². The van der Waals surface area contributed by atoms with E-state index in [-0.39, 0.29) is 18.1 Å². The van der Waals surface area contributed by atoms with Crippen molar-refractivity contribution in [2.45, 2.75) is 51.3 Å². The first-order valence-corrected chi connectivity index (χ1v) is 5.34. The van der Waals surface area contributed by atoms with Crippen LogP contribution in [-0.2, 0) is 4.79 Å². The van der Waals surface area contributed by atoms with Crippen molar-refractivity contribution in [1.82, 2.24) is 4.90 Å². The third-order valence-electron chi connectivity index (χ3n) is 2.90. The van der Waals surface area contributed by atoms with Crippen LogP contribution in [0.15, 0.2) is 0 Å². The van der Waals surface area contributed by atoms with E-state index in [0.717, 1.165) is 6.42 Å². The van der Waals surface area contributed by atoms with Crippen molar-refractivity contribution in [2.24, 2.45) is 5.73 Å². The minimum absolute atomic E-state index is 0.0177. The summed E-state index contributed by atoms with van der Waals surface area (Å²) in [5.41, 5.74) is 5.69. The minimum Gasteiger partial charge on any atom is -0.391 e. The average Bonchev–Trinajstić information content (AvgIpc) is 2.57. The van der Waals surface area contributed by atoms with Crippen molar-refractivity contribution in [3.63, 3.8) is 0 Å². The number of nitrogens with zero attached hydrogens (tertiary/aromatic N) is 1. The van der Waals surface area contributed by atoms with Crippen molar-refractivity contribution in [1.29, 1.82) is 0 Å². The maximum atomic E-state index is 11.8.